The first-order chi connectivity index (χ1) is 12.2. The zero-order chi connectivity index (χ0) is 17.5. The number of furan rings is 1. The number of aromatic amines is 1. The summed E-state index contributed by atoms with van der Waals surface area (Å²) in [6, 6.07) is 11.7. The predicted octanol–water partition coefficient (Wildman–Crippen LogP) is 2.96. The van der Waals surface area contributed by atoms with Crippen molar-refractivity contribution in [2.75, 3.05) is 12.4 Å². The molecule has 0 saturated heterocycles. The Balaban J connectivity index is 1.55. The number of nitrogens with one attached hydrogen (secondary N) is 3. The van der Waals surface area contributed by atoms with Crippen molar-refractivity contribution in [1.82, 2.24) is 20.4 Å². The number of hydrogen-bond acceptors (Lipinski definition) is 4. The molecule has 7 nitrogen and oxygen atoms in total. The molecule has 0 aliphatic rings. The molecule has 2 amide bonds. The SMILES string of the molecule is CN(Cc1ccco1)Cc1ccccc1CNC(=O)Nc1cn[nH]c1. The summed E-state index contributed by atoms with van der Waals surface area (Å²) in [4.78, 5) is 14.1. The summed E-state index contributed by atoms with van der Waals surface area (Å²) in [7, 11) is 2.04. The standard InChI is InChI=1S/C18H21N5O2/c1-23(13-17-7-4-8-25-17)12-15-6-3-2-5-14(15)9-19-18(24)22-16-10-20-21-11-16/h2-8,10-11H,9,12-13H2,1H3,(H,20,21)(H2,19,22,24). The fraction of sp³-hybridized carbons (Fsp3) is 0.222. The molecule has 0 radical (unpaired) electrons. The van der Waals surface area contributed by atoms with Gasteiger partial charge >= 0.3 is 6.03 Å². The Morgan fingerprint density at radius 1 is 1.20 bits per heavy atom. The summed E-state index contributed by atoms with van der Waals surface area (Å²) in [6.07, 6.45) is 4.86. The van der Waals surface area contributed by atoms with Crippen LogP contribution in [0.5, 0.6) is 0 Å². The van der Waals surface area contributed by atoms with Crippen LogP contribution in [0, 0.1) is 0 Å². The maximum atomic E-state index is 11.9. The van der Waals surface area contributed by atoms with Gasteiger partial charge in [0.25, 0.3) is 0 Å². The molecule has 0 saturated carbocycles. The van der Waals surface area contributed by atoms with E-state index in [0.29, 0.717) is 12.2 Å². The van der Waals surface area contributed by atoms with Crippen molar-refractivity contribution in [3.8, 4) is 0 Å². The summed E-state index contributed by atoms with van der Waals surface area (Å²) in [6.45, 7) is 1.95. The highest BCUT2D eigenvalue weighted by atomic mass is 16.3. The van der Waals surface area contributed by atoms with E-state index in [2.05, 4.69) is 31.8 Å². The molecule has 3 N–H and O–H groups in total. The van der Waals surface area contributed by atoms with Gasteiger partial charge in [0.05, 0.1) is 24.7 Å². The lowest BCUT2D eigenvalue weighted by atomic mass is 10.1. The van der Waals surface area contributed by atoms with Crippen LogP contribution >= 0.6 is 0 Å². The Hall–Kier alpha value is -3.06. The van der Waals surface area contributed by atoms with Crippen LogP contribution in [0.4, 0.5) is 10.5 Å². The van der Waals surface area contributed by atoms with Crippen LogP contribution in [0.25, 0.3) is 0 Å². The molecule has 3 rings (SSSR count). The summed E-state index contributed by atoms with van der Waals surface area (Å²) >= 11 is 0. The van der Waals surface area contributed by atoms with Crippen molar-refractivity contribution in [1.29, 1.82) is 0 Å². The molecule has 3 aromatic rings. The smallest absolute Gasteiger partial charge is 0.319 e. The van der Waals surface area contributed by atoms with Crippen molar-refractivity contribution in [3.63, 3.8) is 0 Å². The quantitative estimate of drug-likeness (QED) is 0.618. The Morgan fingerprint density at radius 2 is 2.04 bits per heavy atom. The minimum atomic E-state index is -0.264. The fourth-order valence-electron chi connectivity index (χ4n) is 2.57. The molecular weight excluding hydrogens is 318 g/mol. The summed E-state index contributed by atoms with van der Waals surface area (Å²) in [5.74, 6) is 0.928. The van der Waals surface area contributed by atoms with Crippen LogP contribution in [-0.4, -0.2) is 28.2 Å². The number of hydrogen-bond donors (Lipinski definition) is 3. The highest BCUT2D eigenvalue weighted by Crippen LogP contribution is 2.13. The first-order valence-corrected chi connectivity index (χ1v) is 8.02. The average molecular weight is 339 g/mol. The van der Waals surface area contributed by atoms with E-state index in [-0.39, 0.29) is 6.03 Å². The molecule has 0 aliphatic carbocycles. The van der Waals surface area contributed by atoms with Gasteiger partial charge in [-0.1, -0.05) is 24.3 Å². The van der Waals surface area contributed by atoms with Gasteiger partial charge in [-0.05, 0) is 30.3 Å². The Bertz CT molecular complexity index is 784. The molecule has 0 fully saturated rings. The number of nitrogens with zero attached hydrogens (tertiary/aromatic N) is 2. The van der Waals surface area contributed by atoms with E-state index in [1.807, 2.05) is 37.4 Å². The summed E-state index contributed by atoms with van der Waals surface area (Å²) in [5.41, 5.74) is 2.88. The highest BCUT2D eigenvalue weighted by molar-refractivity contribution is 5.88. The molecule has 0 aliphatic heterocycles. The van der Waals surface area contributed by atoms with Gasteiger partial charge in [0.1, 0.15) is 5.76 Å². The topological polar surface area (TPSA) is 86.2 Å². The van der Waals surface area contributed by atoms with Crippen molar-refractivity contribution in [3.05, 3.63) is 71.9 Å². The molecule has 0 bridgehead atoms. The van der Waals surface area contributed by atoms with Gasteiger partial charge in [-0.15, -0.1) is 0 Å². The number of carbonyl (C=O) groups is 1. The van der Waals surface area contributed by atoms with Crippen LogP contribution in [-0.2, 0) is 19.6 Å². The molecule has 7 heteroatoms. The van der Waals surface area contributed by atoms with Crippen LogP contribution < -0.4 is 10.6 Å². The van der Waals surface area contributed by atoms with Gasteiger partial charge in [-0.3, -0.25) is 10.00 Å². The fourth-order valence-corrected chi connectivity index (χ4v) is 2.57. The van der Waals surface area contributed by atoms with E-state index < -0.39 is 0 Å². The van der Waals surface area contributed by atoms with E-state index in [9.17, 15) is 4.79 Å². The minimum absolute atomic E-state index is 0.264. The van der Waals surface area contributed by atoms with Gasteiger partial charge in [-0.2, -0.15) is 5.10 Å². The number of urea groups is 1. The first kappa shape index (κ1) is 16.8. The number of benzene rings is 1. The maximum Gasteiger partial charge on any atom is 0.319 e. The third kappa shape index (κ3) is 4.95. The second kappa shape index (κ2) is 8.16. The van der Waals surface area contributed by atoms with Crippen LogP contribution in [0.3, 0.4) is 0 Å². The van der Waals surface area contributed by atoms with Gasteiger partial charge < -0.3 is 15.1 Å². The second-order valence-corrected chi connectivity index (χ2v) is 5.82. The lowest BCUT2D eigenvalue weighted by molar-refractivity contribution is 0.251. The van der Waals surface area contributed by atoms with Crippen molar-refractivity contribution in [2.24, 2.45) is 0 Å². The van der Waals surface area contributed by atoms with E-state index in [1.165, 1.54) is 5.56 Å². The molecule has 2 aromatic heterocycles. The molecular formula is C18H21N5O2. The predicted molar refractivity (Wildman–Crippen MR) is 94.8 cm³/mol. The molecule has 0 spiro atoms. The third-order valence-electron chi connectivity index (χ3n) is 3.76. The average Bonchev–Trinajstić information content (AvgIpc) is 3.28. The first-order valence-electron chi connectivity index (χ1n) is 8.02. The normalized spacial score (nSPS) is 10.8. The number of H-pyrrole nitrogens is 1. The van der Waals surface area contributed by atoms with E-state index in [1.54, 1.807) is 18.7 Å². The van der Waals surface area contributed by atoms with Crippen molar-refractivity contribution < 1.29 is 9.21 Å². The largest absolute Gasteiger partial charge is 0.468 e. The van der Waals surface area contributed by atoms with E-state index >= 15 is 0 Å². The number of anilines is 1. The zero-order valence-electron chi connectivity index (χ0n) is 14.0. The highest BCUT2D eigenvalue weighted by Gasteiger charge is 2.09. The third-order valence-corrected chi connectivity index (χ3v) is 3.76. The summed E-state index contributed by atoms with van der Waals surface area (Å²) in [5, 5.41) is 12.0. The second-order valence-electron chi connectivity index (χ2n) is 5.82. The molecule has 25 heavy (non-hydrogen) atoms. The van der Waals surface area contributed by atoms with Gasteiger partial charge in [-0.25, -0.2) is 4.79 Å². The molecule has 1 aromatic carbocycles. The number of aromatic nitrogens is 2. The number of amides is 2. The zero-order valence-corrected chi connectivity index (χ0v) is 14.0. The molecule has 2 heterocycles. The lowest BCUT2D eigenvalue weighted by Crippen LogP contribution is -2.28. The monoisotopic (exact) mass is 339 g/mol. The van der Waals surface area contributed by atoms with Crippen LogP contribution in [0.2, 0.25) is 0 Å². The van der Waals surface area contributed by atoms with Crippen molar-refractivity contribution in [2.45, 2.75) is 19.6 Å². The molecule has 130 valence electrons. The van der Waals surface area contributed by atoms with E-state index in [4.69, 9.17) is 4.42 Å². The van der Waals surface area contributed by atoms with Gasteiger partial charge in [0.15, 0.2) is 0 Å². The van der Waals surface area contributed by atoms with Gasteiger partial charge in [0.2, 0.25) is 0 Å². The molecule has 0 unspecified atom stereocenters. The van der Waals surface area contributed by atoms with Gasteiger partial charge in [0, 0.05) is 19.3 Å². The minimum Gasteiger partial charge on any atom is -0.468 e. The Morgan fingerprint density at radius 3 is 2.76 bits per heavy atom. The van der Waals surface area contributed by atoms with Crippen LogP contribution in [0.15, 0.2) is 59.5 Å². The number of carbonyl (C=O) groups excluding carboxylic acids is 1. The Labute approximate surface area is 146 Å². The van der Waals surface area contributed by atoms with E-state index in [0.717, 1.165) is 24.4 Å². The Kier molecular flexibility index (Phi) is 5.48. The van der Waals surface area contributed by atoms with Crippen LogP contribution in [0.1, 0.15) is 16.9 Å². The summed E-state index contributed by atoms with van der Waals surface area (Å²) < 4.78 is 5.39. The lowest BCUT2D eigenvalue weighted by Gasteiger charge is -2.18. The maximum absolute atomic E-state index is 11.9. The van der Waals surface area contributed by atoms with Crippen molar-refractivity contribution >= 4 is 11.7 Å². The molecule has 0 atom stereocenters. The number of rotatable bonds is 7.